The van der Waals surface area contributed by atoms with Gasteiger partial charge in [0.1, 0.15) is 0 Å². The average Bonchev–Trinajstić information content (AvgIpc) is 1.95. The fraction of sp³-hybridized carbons (Fsp3) is 0.538. The zero-order chi connectivity index (χ0) is 10.5. The summed E-state index contributed by atoms with van der Waals surface area (Å²) in [4.78, 5) is 0. The number of hydrogen-bond donors (Lipinski definition) is 0. The molecule has 0 aromatic heterocycles. The molecule has 0 bridgehead atoms. The largest absolute Gasteiger partial charge is 0.0953 e. The quantitative estimate of drug-likeness (QED) is 0.563. The predicted molar refractivity (Wildman–Crippen MR) is 61.7 cm³/mol. The lowest BCUT2D eigenvalue weighted by Crippen LogP contribution is -2.05. The summed E-state index contributed by atoms with van der Waals surface area (Å²) < 4.78 is 0. The molecule has 0 aliphatic carbocycles. The maximum atomic E-state index is 4.02. The van der Waals surface area contributed by atoms with E-state index in [9.17, 15) is 0 Å². The van der Waals surface area contributed by atoms with Gasteiger partial charge in [-0.1, -0.05) is 65.5 Å². The van der Waals surface area contributed by atoms with E-state index in [4.69, 9.17) is 0 Å². The fourth-order valence-electron chi connectivity index (χ4n) is 0.708. The highest BCUT2D eigenvalue weighted by atomic mass is 14.2. The monoisotopic (exact) mass is 178 g/mol. The molecule has 0 aliphatic rings. The van der Waals surface area contributed by atoms with Crippen LogP contribution in [0, 0.1) is 11.3 Å². The third-order valence-electron chi connectivity index (χ3n) is 1.87. The summed E-state index contributed by atoms with van der Waals surface area (Å²) in [5.74, 6) is 0.618. The lowest BCUT2D eigenvalue weighted by molar-refractivity contribution is 0.519. The summed E-state index contributed by atoms with van der Waals surface area (Å²) >= 11 is 0. The van der Waals surface area contributed by atoms with E-state index in [1.54, 1.807) is 0 Å². The number of hydrogen-bond acceptors (Lipinski definition) is 0. The minimum absolute atomic E-state index is 0.183. The standard InChI is InChI=1S/C13H22/c1-11(2)9-7-8-10-12(3)13(4,5)6/h7-11H,3H2,1-2,4-6H3/b9-7+,10-8-. The predicted octanol–water partition coefficient (Wildman–Crippen LogP) is 4.36. The van der Waals surface area contributed by atoms with E-state index in [2.05, 4.69) is 65.5 Å². The van der Waals surface area contributed by atoms with Gasteiger partial charge in [0, 0.05) is 0 Å². The molecule has 0 aliphatic heterocycles. The third kappa shape index (κ3) is 6.39. The van der Waals surface area contributed by atoms with Crippen LogP contribution in [0.15, 0.2) is 36.5 Å². The van der Waals surface area contributed by atoms with Crippen molar-refractivity contribution in [1.82, 2.24) is 0 Å². The van der Waals surface area contributed by atoms with Gasteiger partial charge in [-0.05, 0) is 16.9 Å². The van der Waals surface area contributed by atoms with E-state index in [1.165, 1.54) is 5.57 Å². The Kier molecular flexibility index (Phi) is 4.76. The summed E-state index contributed by atoms with van der Waals surface area (Å²) in [5.41, 5.74) is 1.35. The zero-order valence-electron chi connectivity index (χ0n) is 9.59. The Hall–Kier alpha value is -0.780. The van der Waals surface area contributed by atoms with Crippen molar-refractivity contribution in [1.29, 1.82) is 0 Å². The first-order valence-corrected chi connectivity index (χ1v) is 4.88. The fourth-order valence-corrected chi connectivity index (χ4v) is 0.708. The van der Waals surface area contributed by atoms with Crippen molar-refractivity contribution in [3.63, 3.8) is 0 Å². The van der Waals surface area contributed by atoms with E-state index in [1.807, 2.05) is 0 Å². The second-order valence-corrected chi connectivity index (χ2v) is 4.76. The van der Waals surface area contributed by atoms with Crippen molar-refractivity contribution in [3.05, 3.63) is 36.5 Å². The second kappa shape index (κ2) is 5.06. The van der Waals surface area contributed by atoms with Gasteiger partial charge in [0.2, 0.25) is 0 Å². The Bertz CT molecular complexity index is 209. The Morgan fingerprint density at radius 2 is 1.69 bits per heavy atom. The van der Waals surface area contributed by atoms with Gasteiger partial charge < -0.3 is 0 Å². The summed E-state index contributed by atoms with van der Waals surface area (Å²) in [6.07, 6.45) is 8.40. The van der Waals surface area contributed by atoms with Gasteiger partial charge in [0.15, 0.2) is 0 Å². The Balaban J connectivity index is 4.08. The molecule has 0 aromatic carbocycles. The molecule has 0 N–H and O–H groups in total. The molecule has 0 amide bonds. The molecule has 13 heavy (non-hydrogen) atoms. The van der Waals surface area contributed by atoms with Gasteiger partial charge in [-0.15, -0.1) is 0 Å². The first-order chi connectivity index (χ1) is 5.84. The molecule has 0 nitrogen and oxygen atoms in total. The Labute approximate surface area is 83.0 Å². The van der Waals surface area contributed by atoms with Gasteiger partial charge in [-0.3, -0.25) is 0 Å². The van der Waals surface area contributed by atoms with Gasteiger partial charge >= 0.3 is 0 Å². The molecular formula is C13H22. The molecule has 0 atom stereocenters. The van der Waals surface area contributed by atoms with E-state index in [-0.39, 0.29) is 5.41 Å². The van der Waals surface area contributed by atoms with Crippen LogP contribution in [0.25, 0.3) is 0 Å². The SMILES string of the molecule is C=C(/C=C\C=C\C(C)C)C(C)(C)C. The lowest BCUT2D eigenvalue weighted by Gasteiger charge is -2.18. The molecule has 0 spiro atoms. The van der Waals surface area contributed by atoms with Crippen molar-refractivity contribution in [3.8, 4) is 0 Å². The van der Waals surface area contributed by atoms with Crippen LogP contribution >= 0.6 is 0 Å². The van der Waals surface area contributed by atoms with Crippen LogP contribution < -0.4 is 0 Å². The van der Waals surface area contributed by atoms with Gasteiger partial charge in [0.05, 0.1) is 0 Å². The molecule has 0 heterocycles. The molecule has 0 heteroatoms. The molecule has 0 unspecified atom stereocenters. The van der Waals surface area contributed by atoms with E-state index >= 15 is 0 Å². The minimum Gasteiger partial charge on any atom is -0.0953 e. The van der Waals surface area contributed by atoms with Gasteiger partial charge in [-0.25, -0.2) is 0 Å². The van der Waals surface area contributed by atoms with Crippen LogP contribution in [-0.2, 0) is 0 Å². The highest BCUT2D eigenvalue weighted by Crippen LogP contribution is 2.24. The summed E-state index contributed by atoms with van der Waals surface area (Å²) in [5, 5.41) is 0. The third-order valence-corrected chi connectivity index (χ3v) is 1.87. The van der Waals surface area contributed by atoms with Crippen LogP contribution in [0.3, 0.4) is 0 Å². The average molecular weight is 178 g/mol. The van der Waals surface area contributed by atoms with E-state index in [0.717, 1.165) is 0 Å². The molecule has 0 rings (SSSR count). The maximum absolute atomic E-state index is 4.02. The van der Waals surface area contributed by atoms with Crippen molar-refractivity contribution in [2.24, 2.45) is 11.3 Å². The highest BCUT2D eigenvalue weighted by Gasteiger charge is 2.10. The number of allylic oxidation sites excluding steroid dienone is 5. The maximum Gasteiger partial charge on any atom is -0.0138 e. The molecular weight excluding hydrogens is 156 g/mol. The minimum atomic E-state index is 0.183. The van der Waals surface area contributed by atoms with Crippen LogP contribution in [0.1, 0.15) is 34.6 Å². The van der Waals surface area contributed by atoms with Crippen LogP contribution in [0.4, 0.5) is 0 Å². The molecule has 0 saturated carbocycles. The van der Waals surface area contributed by atoms with Crippen molar-refractivity contribution in [2.45, 2.75) is 34.6 Å². The normalized spacial score (nSPS) is 13.4. The summed E-state index contributed by atoms with van der Waals surface area (Å²) in [6.45, 7) is 14.9. The van der Waals surface area contributed by atoms with Crippen molar-refractivity contribution < 1.29 is 0 Å². The second-order valence-electron chi connectivity index (χ2n) is 4.76. The topological polar surface area (TPSA) is 0 Å². The van der Waals surface area contributed by atoms with Crippen molar-refractivity contribution in [2.75, 3.05) is 0 Å². The van der Waals surface area contributed by atoms with Crippen molar-refractivity contribution >= 4 is 0 Å². The van der Waals surface area contributed by atoms with Crippen LogP contribution in [0.5, 0.6) is 0 Å². The summed E-state index contributed by atoms with van der Waals surface area (Å²) in [7, 11) is 0. The molecule has 0 fully saturated rings. The van der Waals surface area contributed by atoms with Gasteiger partial charge in [0.25, 0.3) is 0 Å². The molecule has 0 aromatic rings. The smallest absolute Gasteiger partial charge is 0.0138 e. The Morgan fingerprint density at radius 1 is 1.15 bits per heavy atom. The number of rotatable bonds is 3. The zero-order valence-corrected chi connectivity index (χ0v) is 9.59. The van der Waals surface area contributed by atoms with Gasteiger partial charge in [-0.2, -0.15) is 0 Å². The first kappa shape index (κ1) is 12.2. The van der Waals surface area contributed by atoms with E-state index in [0.29, 0.717) is 5.92 Å². The first-order valence-electron chi connectivity index (χ1n) is 4.88. The molecule has 74 valence electrons. The summed E-state index contributed by atoms with van der Waals surface area (Å²) in [6, 6.07) is 0. The lowest BCUT2D eigenvalue weighted by atomic mass is 9.87. The Morgan fingerprint density at radius 3 is 2.08 bits per heavy atom. The van der Waals surface area contributed by atoms with E-state index < -0.39 is 0 Å². The highest BCUT2D eigenvalue weighted by molar-refractivity contribution is 5.24. The van der Waals surface area contributed by atoms with Crippen LogP contribution in [0.2, 0.25) is 0 Å². The molecule has 0 radical (unpaired) electrons. The molecule has 0 saturated heterocycles. The van der Waals surface area contributed by atoms with Crippen LogP contribution in [-0.4, -0.2) is 0 Å².